The largest absolute Gasteiger partial charge is 0.366 e. The summed E-state index contributed by atoms with van der Waals surface area (Å²) >= 11 is 0. The number of aromatic amines is 1. The van der Waals surface area contributed by atoms with Crippen molar-refractivity contribution in [3.63, 3.8) is 0 Å². The number of fused-ring (bicyclic) bond motifs is 3. The van der Waals surface area contributed by atoms with E-state index in [1.807, 2.05) is 24.3 Å². The molecule has 0 radical (unpaired) electrons. The Morgan fingerprint density at radius 3 is 2.57 bits per heavy atom. The maximum atomic E-state index is 12.6. The van der Waals surface area contributed by atoms with Crippen LogP contribution in [-0.2, 0) is 4.79 Å². The Morgan fingerprint density at radius 1 is 1.07 bits per heavy atom. The molecule has 4 rings (SSSR count). The highest BCUT2D eigenvalue weighted by Crippen LogP contribution is 2.32. The maximum Gasteiger partial charge on any atom is 0.268 e. The molecular formula is C21H18N4O3. The van der Waals surface area contributed by atoms with Crippen LogP contribution in [0.4, 0.5) is 5.69 Å². The fourth-order valence-corrected chi connectivity index (χ4v) is 3.37. The molecule has 3 amide bonds. The second-order valence-electron chi connectivity index (χ2n) is 6.53. The fraction of sp³-hybridized carbons (Fsp3) is 0.0952. The number of carbonyl (C=O) groups excluding carboxylic acids is 3. The van der Waals surface area contributed by atoms with E-state index >= 15 is 0 Å². The number of aromatic nitrogens is 1. The monoisotopic (exact) mass is 374 g/mol. The molecule has 1 aromatic heterocycles. The summed E-state index contributed by atoms with van der Waals surface area (Å²) in [5.41, 5.74) is 8.98. The maximum absolute atomic E-state index is 12.6. The molecule has 7 heteroatoms. The summed E-state index contributed by atoms with van der Waals surface area (Å²) in [6, 6.07) is 14.0. The van der Waals surface area contributed by atoms with Gasteiger partial charge in [-0.25, -0.2) is 0 Å². The number of benzene rings is 2. The summed E-state index contributed by atoms with van der Waals surface area (Å²) in [7, 11) is 0. The molecule has 0 unspecified atom stereocenters. The van der Waals surface area contributed by atoms with Crippen LogP contribution in [-0.4, -0.2) is 29.3 Å². The van der Waals surface area contributed by atoms with Gasteiger partial charge in [-0.15, -0.1) is 0 Å². The molecule has 0 saturated heterocycles. The van der Waals surface area contributed by atoms with Crippen LogP contribution in [0.3, 0.4) is 0 Å². The molecule has 0 spiro atoms. The number of H-pyrrole nitrogens is 1. The minimum Gasteiger partial charge on any atom is -0.366 e. The van der Waals surface area contributed by atoms with E-state index in [2.05, 4.69) is 15.6 Å². The summed E-state index contributed by atoms with van der Waals surface area (Å²) in [5, 5.41) is 6.52. The van der Waals surface area contributed by atoms with Gasteiger partial charge in [-0.3, -0.25) is 14.4 Å². The molecule has 28 heavy (non-hydrogen) atoms. The summed E-state index contributed by atoms with van der Waals surface area (Å²) in [4.78, 5) is 39.2. The van der Waals surface area contributed by atoms with E-state index in [4.69, 9.17) is 5.73 Å². The number of nitrogens with two attached hydrogens (primary N) is 1. The Labute approximate surface area is 160 Å². The Balaban J connectivity index is 1.67. The first-order valence-electron chi connectivity index (χ1n) is 8.83. The average molecular weight is 374 g/mol. The first-order valence-corrected chi connectivity index (χ1v) is 8.83. The minimum atomic E-state index is -0.525. The number of carbonyl (C=O) groups is 3. The van der Waals surface area contributed by atoms with Gasteiger partial charge in [-0.2, -0.15) is 0 Å². The van der Waals surface area contributed by atoms with Crippen molar-refractivity contribution in [2.45, 2.75) is 6.42 Å². The molecule has 2 aromatic carbocycles. The quantitative estimate of drug-likeness (QED) is 0.527. The molecule has 1 aliphatic rings. The lowest BCUT2D eigenvalue weighted by molar-refractivity contribution is -0.111. The summed E-state index contributed by atoms with van der Waals surface area (Å²) in [5.74, 6) is -1.02. The third-order valence-corrected chi connectivity index (χ3v) is 4.68. The number of hydrogen-bond acceptors (Lipinski definition) is 3. The number of nitrogens with one attached hydrogen (secondary N) is 3. The van der Waals surface area contributed by atoms with Gasteiger partial charge in [0.2, 0.25) is 11.8 Å². The van der Waals surface area contributed by atoms with Crippen molar-refractivity contribution in [1.29, 1.82) is 0 Å². The lowest BCUT2D eigenvalue weighted by Gasteiger charge is -2.07. The molecule has 5 N–H and O–H groups in total. The summed E-state index contributed by atoms with van der Waals surface area (Å²) in [6.07, 6.45) is 2.05. The van der Waals surface area contributed by atoms with Gasteiger partial charge in [0.25, 0.3) is 5.91 Å². The normalized spacial score (nSPS) is 15.0. The highest BCUT2D eigenvalue weighted by atomic mass is 16.2. The van der Waals surface area contributed by atoms with Gasteiger partial charge >= 0.3 is 0 Å². The molecular weight excluding hydrogens is 356 g/mol. The van der Waals surface area contributed by atoms with E-state index in [1.165, 1.54) is 6.08 Å². The van der Waals surface area contributed by atoms with Gasteiger partial charge in [0, 0.05) is 40.3 Å². The Morgan fingerprint density at radius 2 is 1.82 bits per heavy atom. The molecule has 3 aromatic rings. The zero-order valence-electron chi connectivity index (χ0n) is 14.9. The molecule has 1 aliphatic heterocycles. The predicted octanol–water partition coefficient (Wildman–Crippen LogP) is 2.42. The van der Waals surface area contributed by atoms with E-state index in [0.717, 1.165) is 22.0 Å². The number of anilines is 1. The number of primary amides is 1. The van der Waals surface area contributed by atoms with Gasteiger partial charge in [0.1, 0.15) is 5.69 Å². The molecule has 0 aliphatic carbocycles. The van der Waals surface area contributed by atoms with Crippen LogP contribution in [0.15, 0.2) is 54.6 Å². The van der Waals surface area contributed by atoms with Gasteiger partial charge in [-0.05, 0) is 42.3 Å². The smallest absolute Gasteiger partial charge is 0.268 e. The van der Waals surface area contributed by atoms with Gasteiger partial charge < -0.3 is 21.4 Å². The van der Waals surface area contributed by atoms with E-state index in [1.54, 1.807) is 24.3 Å². The van der Waals surface area contributed by atoms with Crippen LogP contribution in [0.1, 0.15) is 32.8 Å². The van der Waals surface area contributed by atoms with E-state index in [-0.39, 0.29) is 11.8 Å². The SMILES string of the molecule is NC(=O)c1ccc(NC(=O)C=C2CCNC(=O)c3[nH]c4ccccc4c32)cc1. The Kier molecular flexibility index (Phi) is 4.41. The molecule has 0 bridgehead atoms. The molecule has 0 fully saturated rings. The van der Waals surface area contributed by atoms with Gasteiger partial charge in [0.05, 0.1) is 0 Å². The molecule has 0 atom stereocenters. The lowest BCUT2D eigenvalue weighted by atomic mass is 9.99. The highest BCUT2D eigenvalue weighted by molar-refractivity contribution is 6.12. The first kappa shape index (κ1) is 17.5. The Bertz CT molecular complexity index is 1130. The van der Waals surface area contributed by atoms with E-state index < -0.39 is 5.91 Å². The number of amides is 3. The molecule has 2 heterocycles. The third-order valence-electron chi connectivity index (χ3n) is 4.68. The zero-order valence-corrected chi connectivity index (χ0v) is 14.9. The van der Waals surface area contributed by atoms with Crippen LogP contribution >= 0.6 is 0 Å². The van der Waals surface area contributed by atoms with Crippen molar-refractivity contribution in [2.24, 2.45) is 5.73 Å². The second kappa shape index (κ2) is 7.03. The van der Waals surface area contributed by atoms with Crippen molar-refractivity contribution in [1.82, 2.24) is 10.3 Å². The Hall–Kier alpha value is -3.87. The average Bonchev–Trinajstić information content (AvgIpc) is 3.00. The van der Waals surface area contributed by atoms with Crippen LogP contribution in [0.2, 0.25) is 0 Å². The summed E-state index contributed by atoms with van der Waals surface area (Å²) in [6.45, 7) is 0.447. The zero-order chi connectivity index (χ0) is 19.7. The molecule has 7 nitrogen and oxygen atoms in total. The van der Waals surface area contributed by atoms with Crippen molar-refractivity contribution in [3.05, 3.63) is 71.4 Å². The molecule has 140 valence electrons. The minimum absolute atomic E-state index is 0.183. The van der Waals surface area contributed by atoms with Crippen LogP contribution in [0.5, 0.6) is 0 Å². The topological polar surface area (TPSA) is 117 Å². The number of hydrogen-bond donors (Lipinski definition) is 4. The molecule has 0 saturated carbocycles. The summed E-state index contributed by atoms with van der Waals surface area (Å²) < 4.78 is 0. The lowest BCUT2D eigenvalue weighted by Crippen LogP contribution is -2.22. The third kappa shape index (κ3) is 3.25. The van der Waals surface area contributed by atoms with E-state index in [9.17, 15) is 14.4 Å². The van der Waals surface area contributed by atoms with E-state index in [0.29, 0.717) is 29.9 Å². The van der Waals surface area contributed by atoms with Gasteiger partial charge in [-0.1, -0.05) is 18.2 Å². The van der Waals surface area contributed by atoms with Crippen molar-refractivity contribution < 1.29 is 14.4 Å². The standard InChI is InChI=1S/C21H18N4O3/c22-20(27)12-5-7-14(8-6-12)24-17(26)11-13-9-10-23-21(28)19-18(13)15-3-1-2-4-16(15)25-19/h1-8,11,25H,9-10H2,(H2,22,27)(H,23,28)(H,24,26). The number of para-hydroxylation sites is 1. The van der Waals surface area contributed by atoms with Crippen molar-refractivity contribution in [3.8, 4) is 0 Å². The number of rotatable bonds is 3. The van der Waals surface area contributed by atoms with Gasteiger partial charge in [0.15, 0.2) is 0 Å². The van der Waals surface area contributed by atoms with Crippen molar-refractivity contribution in [2.75, 3.05) is 11.9 Å². The van der Waals surface area contributed by atoms with Crippen LogP contribution < -0.4 is 16.4 Å². The van der Waals surface area contributed by atoms with Crippen molar-refractivity contribution >= 4 is 39.9 Å². The second-order valence-corrected chi connectivity index (χ2v) is 6.53. The first-order chi connectivity index (χ1) is 13.5. The van der Waals surface area contributed by atoms with Crippen LogP contribution in [0.25, 0.3) is 16.5 Å². The van der Waals surface area contributed by atoms with Crippen LogP contribution in [0, 0.1) is 0 Å². The predicted molar refractivity (Wildman–Crippen MR) is 107 cm³/mol. The fourth-order valence-electron chi connectivity index (χ4n) is 3.37. The highest BCUT2D eigenvalue weighted by Gasteiger charge is 2.23.